The van der Waals surface area contributed by atoms with Crippen molar-refractivity contribution in [2.45, 2.75) is 11.8 Å². The van der Waals surface area contributed by atoms with Crippen LogP contribution in [0.15, 0.2) is 41.4 Å². The van der Waals surface area contributed by atoms with Crippen molar-refractivity contribution in [1.29, 1.82) is 0 Å². The minimum absolute atomic E-state index is 0.0434. The van der Waals surface area contributed by atoms with Gasteiger partial charge in [0.25, 0.3) is 11.8 Å². The lowest BCUT2D eigenvalue weighted by atomic mass is 10.1. The van der Waals surface area contributed by atoms with Crippen molar-refractivity contribution in [3.05, 3.63) is 53.3 Å². The maximum Gasteiger partial charge on any atom is 0.338 e. The van der Waals surface area contributed by atoms with E-state index in [1.807, 2.05) is 0 Å². The van der Waals surface area contributed by atoms with Crippen LogP contribution < -0.4 is 10.5 Å². The van der Waals surface area contributed by atoms with Gasteiger partial charge < -0.3 is 9.30 Å². The molecule has 10 heteroatoms. The van der Waals surface area contributed by atoms with E-state index in [1.165, 1.54) is 22.8 Å². The van der Waals surface area contributed by atoms with Gasteiger partial charge in [0.1, 0.15) is 5.69 Å². The highest BCUT2D eigenvalue weighted by Crippen LogP contribution is 2.15. The van der Waals surface area contributed by atoms with Gasteiger partial charge in [-0.3, -0.25) is 14.9 Å². The fourth-order valence-electron chi connectivity index (χ4n) is 2.13. The van der Waals surface area contributed by atoms with Crippen molar-refractivity contribution in [3.8, 4) is 0 Å². The number of aryl methyl sites for hydroxylation is 2. The molecule has 0 fully saturated rings. The first-order valence-electron chi connectivity index (χ1n) is 7.35. The molecule has 26 heavy (non-hydrogen) atoms. The number of hydrogen-bond acceptors (Lipinski definition) is 6. The predicted octanol–water partition coefficient (Wildman–Crippen LogP) is 0.0943. The van der Waals surface area contributed by atoms with Gasteiger partial charge >= 0.3 is 5.97 Å². The standard InChI is InChI=1S/C16H17N3O6S/c1-10-5-6-11(26(17,23)24)8-12(10)16(22)25-9-14(20)18-15(21)13-4-3-7-19(13)2/h3-8H,9H2,1-2H3,(H2,17,23,24)(H,18,20,21). The lowest BCUT2D eigenvalue weighted by Crippen LogP contribution is -2.35. The van der Waals surface area contributed by atoms with Crippen molar-refractivity contribution in [1.82, 2.24) is 9.88 Å². The molecule has 0 spiro atoms. The number of carbonyl (C=O) groups is 3. The van der Waals surface area contributed by atoms with Crippen molar-refractivity contribution in [3.63, 3.8) is 0 Å². The third kappa shape index (κ3) is 4.55. The molecular weight excluding hydrogens is 362 g/mol. The van der Waals surface area contributed by atoms with Crippen LogP contribution in [0.2, 0.25) is 0 Å². The minimum atomic E-state index is -3.99. The number of aromatic nitrogens is 1. The van der Waals surface area contributed by atoms with Gasteiger partial charge in [0.15, 0.2) is 6.61 Å². The van der Waals surface area contributed by atoms with E-state index in [4.69, 9.17) is 9.88 Å². The number of rotatable bonds is 5. The van der Waals surface area contributed by atoms with E-state index in [0.717, 1.165) is 6.07 Å². The molecule has 0 aliphatic rings. The van der Waals surface area contributed by atoms with E-state index >= 15 is 0 Å². The van der Waals surface area contributed by atoms with Gasteiger partial charge in [0.2, 0.25) is 10.0 Å². The van der Waals surface area contributed by atoms with Crippen molar-refractivity contribution in [2.24, 2.45) is 12.2 Å². The van der Waals surface area contributed by atoms with Crippen molar-refractivity contribution < 1.29 is 27.5 Å². The summed E-state index contributed by atoms with van der Waals surface area (Å²) < 4.78 is 29.1. The molecule has 0 bridgehead atoms. The first kappa shape index (κ1) is 19.3. The second-order valence-corrected chi connectivity index (χ2v) is 7.04. The summed E-state index contributed by atoms with van der Waals surface area (Å²) in [5.74, 6) is -2.36. The summed E-state index contributed by atoms with van der Waals surface area (Å²) >= 11 is 0. The number of nitrogens with zero attached hydrogens (tertiary/aromatic N) is 1. The number of imide groups is 1. The van der Waals surface area contributed by atoms with Crippen molar-refractivity contribution >= 4 is 27.8 Å². The van der Waals surface area contributed by atoms with Crippen LogP contribution in [0.4, 0.5) is 0 Å². The van der Waals surface area contributed by atoms with Gasteiger partial charge in [0.05, 0.1) is 10.5 Å². The molecule has 2 rings (SSSR count). The van der Waals surface area contributed by atoms with Gasteiger partial charge in [-0.05, 0) is 36.8 Å². The molecule has 2 aromatic rings. The van der Waals surface area contributed by atoms with Crippen LogP contribution in [0, 0.1) is 6.92 Å². The number of carbonyl (C=O) groups excluding carboxylic acids is 3. The Bertz CT molecular complexity index is 978. The molecule has 9 nitrogen and oxygen atoms in total. The van der Waals surface area contributed by atoms with Crippen LogP contribution in [-0.2, 0) is 26.6 Å². The van der Waals surface area contributed by atoms with Crippen molar-refractivity contribution in [2.75, 3.05) is 6.61 Å². The lowest BCUT2D eigenvalue weighted by molar-refractivity contribution is -0.123. The van der Waals surface area contributed by atoms with Crippen LogP contribution in [0.3, 0.4) is 0 Å². The lowest BCUT2D eigenvalue weighted by Gasteiger charge is -2.09. The molecule has 138 valence electrons. The molecule has 0 atom stereocenters. The molecule has 1 aromatic heterocycles. The number of esters is 1. The van der Waals surface area contributed by atoms with E-state index in [-0.39, 0.29) is 16.2 Å². The molecule has 0 aliphatic carbocycles. The van der Waals surface area contributed by atoms with E-state index < -0.39 is 34.4 Å². The fraction of sp³-hybridized carbons (Fsp3) is 0.188. The highest BCUT2D eigenvalue weighted by atomic mass is 32.2. The zero-order chi connectivity index (χ0) is 19.5. The smallest absolute Gasteiger partial charge is 0.338 e. The Hall–Kier alpha value is -2.98. The summed E-state index contributed by atoms with van der Waals surface area (Å²) in [6.07, 6.45) is 1.64. The van der Waals surface area contributed by atoms with E-state index in [1.54, 1.807) is 26.2 Å². The third-order valence-corrected chi connectivity index (χ3v) is 4.43. The quantitative estimate of drug-likeness (QED) is 0.707. The molecule has 0 unspecified atom stereocenters. The van der Waals surface area contributed by atoms with Crippen LogP contribution >= 0.6 is 0 Å². The molecule has 0 saturated carbocycles. The van der Waals surface area contributed by atoms with Gasteiger partial charge in [-0.25, -0.2) is 18.4 Å². The molecule has 0 radical (unpaired) electrons. The monoisotopic (exact) mass is 379 g/mol. The first-order chi connectivity index (χ1) is 12.1. The zero-order valence-electron chi connectivity index (χ0n) is 14.1. The summed E-state index contributed by atoms with van der Waals surface area (Å²) in [7, 11) is -2.35. The molecule has 3 N–H and O–H groups in total. The highest BCUT2D eigenvalue weighted by Gasteiger charge is 2.18. The van der Waals surface area contributed by atoms with Gasteiger partial charge in [-0.2, -0.15) is 0 Å². The number of nitrogens with one attached hydrogen (secondary N) is 1. The largest absolute Gasteiger partial charge is 0.452 e. The second kappa shape index (κ2) is 7.50. The molecule has 0 saturated heterocycles. The van der Waals surface area contributed by atoms with E-state index in [0.29, 0.717) is 5.56 Å². The molecule has 1 aromatic carbocycles. The van der Waals surface area contributed by atoms with Gasteiger partial charge in [-0.15, -0.1) is 0 Å². The summed E-state index contributed by atoms with van der Waals surface area (Å²) in [4.78, 5) is 35.5. The topological polar surface area (TPSA) is 138 Å². The third-order valence-electron chi connectivity index (χ3n) is 3.52. The predicted molar refractivity (Wildman–Crippen MR) is 90.7 cm³/mol. The summed E-state index contributed by atoms with van der Waals surface area (Å²) in [5.41, 5.74) is 0.669. The number of primary sulfonamides is 1. The van der Waals surface area contributed by atoms with E-state index in [9.17, 15) is 22.8 Å². The minimum Gasteiger partial charge on any atom is -0.452 e. The number of nitrogens with two attached hydrogens (primary N) is 1. The number of hydrogen-bond donors (Lipinski definition) is 2. The molecule has 2 amide bonds. The average Bonchev–Trinajstić information content (AvgIpc) is 2.98. The normalized spacial score (nSPS) is 11.0. The van der Waals surface area contributed by atoms with Gasteiger partial charge in [0, 0.05) is 13.2 Å². The molecule has 0 aliphatic heterocycles. The van der Waals surface area contributed by atoms with E-state index in [2.05, 4.69) is 5.32 Å². The zero-order valence-corrected chi connectivity index (χ0v) is 14.9. The number of amides is 2. The number of benzene rings is 1. The Kier molecular flexibility index (Phi) is 5.58. The number of sulfonamides is 1. The Morgan fingerprint density at radius 2 is 1.92 bits per heavy atom. The van der Waals surface area contributed by atoms with Crippen LogP contribution in [0.1, 0.15) is 26.4 Å². The maximum atomic E-state index is 12.1. The Balaban J connectivity index is 2.01. The molecule has 1 heterocycles. The Morgan fingerprint density at radius 3 is 2.50 bits per heavy atom. The Morgan fingerprint density at radius 1 is 1.23 bits per heavy atom. The molecular formula is C16H17N3O6S. The maximum absolute atomic E-state index is 12.1. The average molecular weight is 379 g/mol. The Labute approximate surface area is 149 Å². The first-order valence-corrected chi connectivity index (χ1v) is 8.90. The number of ether oxygens (including phenoxy) is 1. The van der Waals surface area contributed by atoms with Crippen LogP contribution in [0.5, 0.6) is 0 Å². The van der Waals surface area contributed by atoms with Crippen LogP contribution in [0.25, 0.3) is 0 Å². The summed E-state index contributed by atoms with van der Waals surface area (Å²) in [6, 6.07) is 6.89. The van der Waals surface area contributed by atoms with Gasteiger partial charge in [-0.1, -0.05) is 6.07 Å². The fourth-order valence-corrected chi connectivity index (χ4v) is 2.67. The second-order valence-electron chi connectivity index (χ2n) is 5.48. The summed E-state index contributed by atoms with van der Waals surface area (Å²) in [5, 5.41) is 7.12. The summed E-state index contributed by atoms with van der Waals surface area (Å²) in [6.45, 7) is 0.872. The SMILES string of the molecule is Cc1ccc(S(N)(=O)=O)cc1C(=O)OCC(=O)NC(=O)c1cccn1C. The van der Waals surface area contributed by atoms with Crippen LogP contribution in [-0.4, -0.2) is 37.4 Å². The highest BCUT2D eigenvalue weighted by molar-refractivity contribution is 7.89.